The maximum absolute atomic E-state index is 13.3. The number of ether oxygens (including phenoxy) is 2. The monoisotopic (exact) mass is 386 g/mol. The Morgan fingerprint density at radius 2 is 1.64 bits per heavy atom. The fourth-order valence-electron chi connectivity index (χ4n) is 2.62. The van der Waals surface area contributed by atoms with E-state index in [-0.39, 0.29) is 0 Å². The molecule has 1 heterocycles. The summed E-state index contributed by atoms with van der Waals surface area (Å²) in [5.74, 6) is 0.622. The molecule has 0 amide bonds. The molecule has 0 aliphatic rings. The van der Waals surface area contributed by atoms with Crippen LogP contribution in [-0.4, -0.2) is 30.7 Å². The van der Waals surface area contributed by atoms with Gasteiger partial charge in [-0.05, 0) is 36.2 Å². The van der Waals surface area contributed by atoms with Crippen LogP contribution in [0.25, 0.3) is 0 Å². The second-order valence-electron chi connectivity index (χ2n) is 5.91. The standard InChI is InChI=1S/C20H20F2N4O2/c1-27-17-6-3-13(9-18(17)28-2)7-8-23-19-11-20(25-12-24-19)26-14-4-5-15(21)16(22)10-14/h3-6,9-12H,7-8H2,1-2H3,(H2,23,24,25,26). The Morgan fingerprint density at radius 3 is 2.39 bits per heavy atom. The predicted octanol–water partition coefficient (Wildman–Crippen LogP) is 4.17. The fourth-order valence-corrected chi connectivity index (χ4v) is 2.62. The van der Waals surface area contributed by atoms with E-state index in [2.05, 4.69) is 20.6 Å². The maximum atomic E-state index is 13.3. The molecule has 0 radical (unpaired) electrons. The van der Waals surface area contributed by atoms with Gasteiger partial charge in [0.15, 0.2) is 23.1 Å². The summed E-state index contributed by atoms with van der Waals surface area (Å²) in [6.45, 7) is 0.636. The third kappa shape index (κ3) is 4.85. The van der Waals surface area contributed by atoms with Crippen molar-refractivity contribution < 1.29 is 18.3 Å². The normalized spacial score (nSPS) is 10.4. The van der Waals surface area contributed by atoms with Crippen molar-refractivity contribution in [3.8, 4) is 11.5 Å². The largest absolute Gasteiger partial charge is 0.493 e. The minimum Gasteiger partial charge on any atom is -0.493 e. The van der Waals surface area contributed by atoms with Crippen LogP contribution in [0.3, 0.4) is 0 Å². The SMILES string of the molecule is COc1ccc(CCNc2cc(Nc3ccc(F)c(F)c3)ncn2)cc1OC. The Kier molecular flexibility index (Phi) is 6.21. The van der Waals surface area contributed by atoms with Gasteiger partial charge in [0.05, 0.1) is 14.2 Å². The lowest BCUT2D eigenvalue weighted by Crippen LogP contribution is -2.07. The molecule has 146 valence electrons. The van der Waals surface area contributed by atoms with Crippen molar-refractivity contribution in [1.82, 2.24) is 9.97 Å². The molecule has 28 heavy (non-hydrogen) atoms. The molecule has 0 fully saturated rings. The molecule has 3 aromatic rings. The number of aromatic nitrogens is 2. The van der Waals surface area contributed by atoms with Gasteiger partial charge < -0.3 is 20.1 Å². The van der Waals surface area contributed by atoms with Crippen molar-refractivity contribution in [1.29, 1.82) is 0 Å². The van der Waals surface area contributed by atoms with Crippen molar-refractivity contribution >= 4 is 17.3 Å². The van der Waals surface area contributed by atoms with Crippen LogP contribution >= 0.6 is 0 Å². The van der Waals surface area contributed by atoms with Crippen molar-refractivity contribution in [3.05, 3.63) is 66.0 Å². The molecule has 0 bridgehead atoms. The lowest BCUT2D eigenvalue weighted by atomic mass is 10.1. The van der Waals surface area contributed by atoms with Gasteiger partial charge in [-0.25, -0.2) is 18.7 Å². The van der Waals surface area contributed by atoms with E-state index in [1.807, 2.05) is 18.2 Å². The van der Waals surface area contributed by atoms with Crippen molar-refractivity contribution in [2.75, 3.05) is 31.4 Å². The third-order valence-electron chi connectivity index (χ3n) is 4.03. The van der Waals surface area contributed by atoms with Crippen molar-refractivity contribution in [3.63, 3.8) is 0 Å². The first-order chi connectivity index (χ1) is 13.6. The van der Waals surface area contributed by atoms with Crippen LogP contribution in [0.4, 0.5) is 26.1 Å². The van der Waals surface area contributed by atoms with E-state index >= 15 is 0 Å². The van der Waals surface area contributed by atoms with Gasteiger partial charge >= 0.3 is 0 Å². The predicted molar refractivity (Wildman–Crippen MR) is 103 cm³/mol. The number of benzene rings is 2. The van der Waals surface area contributed by atoms with E-state index in [0.29, 0.717) is 35.4 Å². The van der Waals surface area contributed by atoms with Gasteiger partial charge in [0, 0.05) is 24.4 Å². The minimum atomic E-state index is -0.924. The number of hydrogen-bond donors (Lipinski definition) is 2. The highest BCUT2D eigenvalue weighted by molar-refractivity contribution is 5.58. The second kappa shape index (κ2) is 8.98. The van der Waals surface area contributed by atoms with Crippen LogP contribution in [0.15, 0.2) is 48.8 Å². The molecule has 0 spiro atoms. The topological polar surface area (TPSA) is 68.3 Å². The van der Waals surface area contributed by atoms with E-state index < -0.39 is 11.6 Å². The summed E-state index contributed by atoms with van der Waals surface area (Å²) in [5, 5.41) is 6.13. The number of rotatable bonds is 8. The Labute approximate surface area is 161 Å². The maximum Gasteiger partial charge on any atom is 0.160 e. The molecule has 0 saturated carbocycles. The van der Waals surface area contributed by atoms with E-state index in [0.717, 1.165) is 24.1 Å². The second-order valence-corrected chi connectivity index (χ2v) is 5.91. The Balaban J connectivity index is 1.59. The molecule has 2 aromatic carbocycles. The summed E-state index contributed by atoms with van der Waals surface area (Å²) < 4.78 is 36.9. The molecule has 8 heteroatoms. The number of anilines is 3. The van der Waals surface area contributed by atoms with E-state index in [1.54, 1.807) is 20.3 Å². The highest BCUT2D eigenvalue weighted by atomic mass is 19.2. The Bertz CT molecular complexity index is 953. The Morgan fingerprint density at radius 1 is 0.857 bits per heavy atom. The molecule has 6 nitrogen and oxygen atoms in total. The summed E-state index contributed by atoms with van der Waals surface area (Å²) in [7, 11) is 3.20. The Hall–Kier alpha value is -3.42. The molecule has 0 aliphatic carbocycles. The zero-order valence-corrected chi connectivity index (χ0v) is 15.5. The summed E-state index contributed by atoms with van der Waals surface area (Å²) in [6, 6.07) is 11.0. The zero-order valence-electron chi connectivity index (χ0n) is 15.5. The van der Waals surface area contributed by atoms with Gasteiger partial charge in [-0.15, -0.1) is 0 Å². The first kappa shape index (κ1) is 19.3. The molecular weight excluding hydrogens is 366 g/mol. The average molecular weight is 386 g/mol. The average Bonchev–Trinajstić information content (AvgIpc) is 2.71. The van der Waals surface area contributed by atoms with Crippen LogP contribution in [0.1, 0.15) is 5.56 Å². The zero-order chi connectivity index (χ0) is 19.9. The summed E-state index contributed by atoms with van der Waals surface area (Å²) in [5.41, 5.74) is 1.48. The smallest absolute Gasteiger partial charge is 0.160 e. The highest BCUT2D eigenvalue weighted by Gasteiger charge is 2.06. The molecule has 0 unspecified atom stereocenters. The summed E-state index contributed by atoms with van der Waals surface area (Å²) >= 11 is 0. The molecule has 0 saturated heterocycles. The lowest BCUT2D eigenvalue weighted by molar-refractivity contribution is 0.354. The van der Waals surface area contributed by atoms with Crippen LogP contribution < -0.4 is 20.1 Å². The van der Waals surface area contributed by atoms with Crippen molar-refractivity contribution in [2.45, 2.75) is 6.42 Å². The molecule has 2 N–H and O–H groups in total. The third-order valence-corrected chi connectivity index (χ3v) is 4.03. The van der Waals surface area contributed by atoms with Gasteiger partial charge in [0.25, 0.3) is 0 Å². The van der Waals surface area contributed by atoms with E-state index in [1.165, 1.54) is 12.4 Å². The molecule has 1 aromatic heterocycles. The first-order valence-corrected chi connectivity index (χ1v) is 8.58. The lowest BCUT2D eigenvalue weighted by Gasteiger charge is -2.11. The molecule has 3 rings (SSSR count). The van der Waals surface area contributed by atoms with Crippen LogP contribution in [0.2, 0.25) is 0 Å². The number of nitrogens with one attached hydrogen (secondary N) is 2. The highest BCUT2D eigenvalue weighted by Crippen LogP contribution is 2.27. The number of methoxy groups -OCH3 is 2. The van der Waals surface area contributed by atoms with E-state index in [9.17, 15) is 8.78 Å². The van der Waals surface area contributed by atoms with Crippen LogP contribution in [0, 0.1) is 11.6 Å². The van der Waals surface area contributed by atoms with E-state index in [4.69, 9.17) is 9.47 Å². The van der Waals surface area contributed by atoms with Gasteiger partial charge in [-0.3, -0.25) is 0 Å². The first-order valence-electron chi connectivity index (χ1n) is 8.58. The number of hydrogen-bond acceptors (Lipinski definition) is 6. The summed E-state index contributed by atoms with van der Waals surface area (Å²) in [6.07, 6.45) is 2.14. The molecular formula is C20H20F2N4O2. The quantitative estimate of drug-likeness (QED) is 0.606. The van der Waals surface area contributed by atoms with Gasteiger partial charge in [-0.1, -0.05) is 6.07 Å². The van der Waals surface area contributed by atoms with Crippen LogP contribution in [0.5, 0.6) is 11.5 Å². The van der Waals surface area contributed by atoms with Gasteiger partial charge in [-0.2, -0.15) is 0 Å². The molecule has 0 aliphatic heterocycles. The number of halogens is 2. The van der Waals surface area contributed by atoms with Crippen molar-refractivity contribution in [2.24, 2.45) is 0 Å². The fraction of sp³-hybridized carbons (Fsp3) is 0.200. The number of nitrogens with zero attached hydrogens (tertiary/aromatic N) is 2. The molecule has 0 atom stereocenters. The van der Waals surface area contributed by atoms with Crippen LogP contribution in [-0.2, 0) is 6.42 Å². The summed E-state index contributed by atoms with van der Waals surface area (Å²) in [4.78, 5) is 8.25. The minimum absolute atomic E-state index is 0.397. The van der Waals surface area contributed by atoms with Gasteiger partial charge in [0.2, 0.25) is 0 Å². The van der Waals surface area contributed by atoms with Gasteiger partial charge in [0.1, 0.15) is 18.0 Å².